The summed E-state index contributed by atoms with van der Waals surface area (Å²) >= 11 is 0. The van der Waals surface area contributed by atoms with Gasteiger partial charge in [0.2, 0.25) is 0 Å². The summed E-state index contributed by atoms with van der Waals surface area (Å²) in [7, 11) is -9.93. The molecule has 0 saturated carbocycles. The average Bonchev–Trinajstić information content (AvgIpc) is 0.904. The molecule has 0 saturated heterocycles. The van der Waals surface area contributed by atoms with E-state index in [4.69, 9.17) is 37.0 Å². The minimum absolute atomic E-state index is 0.109. The lowest BCUT2D eigenvalue weighted by Gasteiger charge is -2.21. The molecular weight excluding hydrogens is 1390 g/mol. The molecule has 0 spiro atoms. The Morgan fingerprint density at radius 3 is 0.636 bits per heavy atom. The zero-order valence-corrected chi connectivity index (χ0v) is 72.1. The number of aliphatic hydroxyl groups is 1. The Hall–Kier alpha value is -1.94. The number of esters is 4. The van der Waals surface area contributed by atoms with Crippen molar-refractivity contribution in [3.05, 3.63) is 0 Å². The van der Waals surface area contributed by atoms with Crippen molar-refractivity contribution in [2.45, 2.75) is 496 Å². The van der Waals surface area contributed by atoms with Gasteiger partial charge in [-0.3, -0.25) is 37.3 Å². The number of ether oxygens (including phenoxy) is 4. The Labute approximate surface area is 658 Å². The van der Waals surface area contributed by atoms with Crippen LogP contribution in [0, 0.1) is 5.92 Å². The average molecular weight is 1560 g/mol. The number of hydrogen-bond acceptors (Lipinski definition) is 15. The molecule has 0 aromatic carbocycles. The maximum Gasteiger partial charge on any atom is 0.472 e. The van der Waals surface area contributed by atoms with E-state index in [1.807, 2.05) is 0 Å². The summed E-state index contributed by atoms with van der Waals surface area (Å²) in [5.74, 6) is -1.27. The molecule has 0 heterocycles. The van der Waals surface area contributed by atoms with Crippen molar-refractivity contribution in [3.63, 3.8) is 0 Å². The van der Waals surface area contributed by atoms with Gasteiger partial charge in [0.05, 0.1) is 26.4 Å². The first-order chi connectivity index (χ1) is 52.0. The molecule has 0 radical (unpaired) electrons. The Morgan fingerprint density at radius 1 is 0.252 bits per heavy atom. The summed E-state index contributed by atoms with van der Waals surface area (Å²) in [5.41, 5.74) is 0. The van der Waals surface area contributed by atoms with E-state index in [0.29, 0.717) is 25.7 Å². The molecule has 0 aromatic rings. The third kappa shape index (κ3) is 81.9. The van der Waals surface area contributed by atoms with Gasteiger partial charge in [-0.15, -0.1) is 0 Å². The third-order valence-corrected chi connectivity index (χ3v) is 22.7. The summed E-state index contributed by atoms with van der Waals surface area (Å²) in [4.78, 5) is 73.3. The van der Waals surface area contributed by atoms with Crippen LogP contribution in [0.4, 0.5) is 0 Å². The number of phosphoric ester groups is 2. The lowest BCUT2D eigenvalue weighted by molar-refractivity contribution is -0.161. The van der Waals surface area contributed by atoms with Crippen LogP contribution < -0.4 is 0 Å². The summed E-state index contributed by atoms with van der Waals surface area (Å²) < 4.78 is 69.0. The molecule has 3 N–H and O–H groups in total. The van der Waals surface area contributed by atoms with Crippen molar-refractivity contribution >= 4 is 39.5 Å². The fourth-order valence-corrected chi connectivity index (χ4v) is 15.4. The highest BCUT2D eigenvalue weighted by atomic mass is 31.2. The quantitative estimate of drug-likeness (QED) is 0.0222. The van der Waals surface area contributed by atoms with Gasteiger partial charge in [0, 0.05) is 25.7 Å². The molecule has 19 heteroatoms. The van der Waals surface area contributed by atoms with Gasteiger partial charge in [-0.2, -0.15) is 0 Å². The molecule has 0 amide bonds. The second-order valence-corrected chi connectivity index (χ2v) is 35.0. The number of rotatable bonds is 88. The summed E-state index contributed by atoms with van der Waals surface area (Å²) in [6, 6.07) is 0. The first kappa shape index (κ1) is 105. The minimum atomic E-state index is -4.97. The molecule has 0 aliphatic carbocycles. The molecule has 0 aromatic heterocycles. The van der Waals surface area contributed by atoms with E-state index in [0.717, 1.165) is 95.8 Å². The maximum atomic E-state index is 13.2. The van der Waals surface area contributed by atoms with Crippen LogP contribution >= 0.6 is 15.6 Å². The van der Waals surface area contributed by atoms with Gasteiger partial charge in [0.25, 0.3) is 0 Å². The fraction of sp³-hybridized carbons (Fsp3) is 0.955. The third-order valence-electron chi connectivity index (χ3n) is 20.8. The van der Waals surface area contributed by atoms with Crippen molar-refractivity contribution in [2.75, 3.05) is 39.6 Å². The van der Waals surface area contributed by atoms with Crippen LogP contribution in [0.2, 0.25) is 0 Å². The van der Waals surface area contributed by atoms with Gasteiger partial charge >= 0.3 is 39.5 Å². The van der Waals surface area contributed by atoms with E-state index >= 15 is 0 Å². The highest BCUT2D eigenvalue weighted by Crippen LogP contribution is 2.45. The van der Waals surface area contributed by atoms with E-state index in [1.165, 1.54) is 302 Å². The molecule has 17 nitrogen and oxygen atoms in total. The largest absolute Gasteiger partial charge is 0.472 e. The first-order valence-electron chi connectivity index (χ1n) is 45.6. The monoisotopic (exact) mass is 1560 g/mol. The number of hydrogen-bond donors (Lipinski definition) is 3. The van der Waals surface area contributed by atoms with Gasteiger partial charge in [-0.25, -0.2) is 9.13 Å². The van der Waals surface area contributed by atoms with Gasteiger partial charge in [0.15, 0.2) is 12.2 Å². The number of phosphoric acid groups is 2. The lowest BCUT2D eigenvalue weighted by atomic mass is 10.0. The minimum Gasteiger partial charge on any atom is -0.462 e. The fourth-order valence-electron chi connectivity index (χ4n) is 13.8. The highest BCUT2D eigenvalue weighted by Gasteiger charge is 2.30. The molecular formula is C88H172O17P2. The summed E-state index contributed by atoms with van der Waals surface area (Å²) in [6.07, 6.45) is 74.9. The molecule has 0 aliphatic heterocycles. The Bertz CT molecular complexity index is 2030. The van der Waals surface area contributed by atoms with Crippen LogP contribution in [-0.2, 0) is 65.4 Å². The van der Waals surface area contributed by atoms with E-state index in [1.54, 1.807) is 0 Å². The molecule has 2 unspecified atom stereocenters. The van der Waals surface area contributed by atoms with Crippen molar-refractivity contribution < 1.29 is 80.2 Å². The molecule has 0 rings (SSSR count). The second-order valence-electron chi connectivity index (χ2n) is 32.1. The van der Waals surface area contributed by atoms with Gasteiger partial charge in [-0.1, -0.05) is 426 Å². The van der Waals surface area contributed by atoms with Crippen LogP contribution in [0.15, 0.2) is 0 Å². The van der Waals surface area contributed by atoms with E-state index in [9.17, 15) is 43.2 Å². The van der Waals surface area contributed by atoms with Crippen molar-refractivity contribution in [1.29, 1.82) is 0 Å². The van der Waals surface area contributed by atoms with Crippen LogP contribution in [-0.4, -0.2) is 96.7 Å². The summed E-state index contributed by atoms with van der Waals surface area (Å²) in [5, 5.41) is 10.7. The first-order valence-corrected chi connectivity index (χ1v) is 48.6. The molecule has 636 valence electrons. The maximum absolute atomic E-state index is 13.2. The van der Waals surface area contributed by atoms with Crippen molar-refractivity contribution in [1.82, 2.24) is 0 Å². The molecule has 107 heavy (non-hydrogen) atoms. The standard InChI is InChI=1S/C88H172O17P2/c1-6-9-12-15-18-21-24-27-29-30-31-35-38-43-47-52-57-62-67-72-86(91)99-78-84(105-88(93)74-69-64-59-54-49-44-39-36-33-32-34-37-41-45-50-55-60-65-70-81(4)5)80-103-107(96,97)101-76-82(89)75-100-106(94,95)102-79-83(77-98-85(90)71-66-61-56-51-46-40-26-23-20-17-14-11-8-3)104-87(92)73-68-63-58-53-48-42-28-25-22-19-16-13-10-7-2/h81-84,89H,6-80H2,1-5H3,(H,94,95)(H,96,97)/t82-,83+,84+/m0/s1. The number of aliphatic hydroxyl groups excluding tert-OH is 1. The second kappa shape index (κ2) is 80.7. The number of unbranched alkanes of at least 4 members (excludes halogenated alkanes) is 60. The predicted molar refractivity (Wildman–Crippen MR) is 442 cm³/mol. The highest BCUT2D eigenvalue weighted by molar-refractivity contribution is 7.47. The zero-order chi connectivity index (χ0) is 78.3. The molecule has 0 fully saturated rings. The van der Waals surface area contributed by atoms with Crippen molar-refractivity contribution in [3.8, 4) is 0 Å². The molecule has 0 aliphatic rings. The van der Waals surface area contributed by atoms with Crippen molar-refractivity contribution in [2.24, 2.45) is 5.92 Å². The normalized spacial score (nSPS) is 13.7. The summed E-state index contributed by atoms with van der Waals surface area (Å²) in [6.45, 7) is 7.42. The number of carbonyl (C=O) groups excluding carboxylic acids is 4. The molecule has 0 bridgehead atoms. The van der Waals surface area contributed by atoms with Crippen LogP contribution in [0.1, 0.15) is 478 Å². The Morgan fingerprint density at radius 2 is 0.430 bits per heavy atom. The van der Waals surface area contributed by atoms with Gasteiger partial charge < -0.3 is 33.8 Å². The lowest BCUT2D eigenvalue weighted by Crippen LogP contribution is -2.30. The number of carbonyl (C=O) groups is 4. The smallest absolute Gasteiger partial charge is 0.462 e. The Kier molecular flexibility index (Phi) is 79.2. The van der Waals surface area contributed by atoms with E-state index in [-0.39, 0.29) is 25.7 Å². The Balaban J connectivity index is 5.24. The van der Waals surface area contributed by atoms with E-state index < -0.39 is 97.5 Å². The predicted octanol–water partition coefficient (Wildman–Crippen LogP) is 27.2. The SMILES string of the molecule is CCCCCCCCCCCCCCCCCCCCCC(=O)OC[C@H](COP(=O)(O)OC[C@@H](O)COP(=O)(O)OC[C@@H](COC(=O)CCCCCCCCCCCCCCC)OC(=O)CCCCCCCCCCCCCCCC)OC(=O)CCCCCCCCCCCCCCCCCCCCC(C)C. The van der Waals surface area contributed by atoms with Crippen LogP contribution in [0.3, 0.4) is 0 Å². The zero-order valence-electron chi connectivity index (χ0n) is 70.3. The van der Waals surface area contributed by atoms with Gasteiger partial charge in [-0.05, 0) is 31.6 Å². The van der Waals surface area contributed by atoms with Crippen LogP contribution in [0.25, 0.3) is 0 Å². The van der Waals surface area contributed by atoms with E-state index in [2.05, 4.69) is 34.6 Å². The molecule has 5 atom stereocenters. The topological polar surface area (TPSA) is 237 Å². The van der Waals surface area contributed by atoms with Crippen LogP contribution in [0.5, 0.6) is 0 Å². The van der Waals surface area contributed by atoms with Gasteiger partial charge in [0.1, 0.15) is 19.3 Å².